The molecule has 2 aliphatic rings. The fourth-order valence-electron chi connectivity index (χ4n) is 4.55. The van der Waals surface area contributed by atoms with E-state index in [0.29, 0.717) is 5.92 Å². The summed E-state index contributed by atoms with van der Waals surface area (Å²) in [7, 11) is 1.84. The molecule has 3 N–H and O–H groups in total. The molecule has 1 saturated heterocycles. The van der Waals surface area contributed by atoms with E-state index in [1.165, 1.54) is 19.3 Å². The number of rotatable bonds is 4. The Morgan fingerprint density at radius 1 is 1.15 bits per heavy atom. The lowest BCUT2D eigenvalue weighted by Crippen LogP contribution is -2.61. The highest BCUT2D eigenvalue weighted by atomic mass is 16.5. The molecule has 0 bridgehead atoms. The Morgan fingerprint density at radius 3 is 2.15 bits per heavy atom. The second kappa shape index (κ2) is 5.56. The Kier molecular flexibility index (Phi) is 4.51. The van der Waals surface area contributed by atoms with E-state index in [4.69, 9.17) is 15.3 Å². The molecule has 2 rings (SSSR count). The molecular weight excluding hydrogens is 252 g/mol. The van der Waals surface area contributed by atoms with E-state index in [9.17, 15) is 0 Å². The Balaban J connectivity index is 2.27. The first-order valence-electron chi connectivity index (χ1n) is 7.98. The van der Waals surface area contributed by atoms with Crippen LogP contribution in [0, 0.1) is 5.92 Å². The van der Waals surface area contributed by atoms with Crippen LogP contribution in [0.15, 0.2) is 0 Å². The van der Waals surface area contributed by atoms with Gasteiger partial charge in [-0.3, -0.25) is 11.3 Å². The van der Waals surface area contributed by atoms with E-state index >= 15 is 0 Å². The molecule has 1 heterocycles. The summed E-state index contributed by atoms with van der Waals surface area (Å²) in [6, 6.07) is 0.143. The van der Waals surface area contributed by atoms with Crippen LogP contribution < -0.4 is 11.3 Å². The topological polar surface area (TPSA) is 56.5 Å². The highest BCUT2D eigenvalue weighted by molar-refractivity contribution is 5.07. The van der Waals surface area contributed by atoms with Gasteiger partial charge in [-0.1, -0.05) is 19.3 Å². The molecule has 0 amide bonds. The molecule has 1 saturated carbocycles. The van der Waals surface area contributed by atoms with Crippen LogP contribution in [0.4, 0.5) is 0 Å². The van der Waals surface area contributed by atoms with Gasteiger partial charge < -0.3 is 9.47 Å². The molecule has 0 aromatic carbocycles. The van der Waals surface area contributed by atoms with Gasteiger partial charge in [0.1, 0.15) is 0 Å². The summed E-state index contributed by atoms with van der Waals surface area (Å²) in [4.78, 5) is 0. The normalized spacial score (nSPS) is 33.0. The number of nitrogens with two attached hydrogens (primary N) is 1. The number of methoxy groups -OCH3 is 1. The third kappa shape index (κ3) is 2.89. The van der Waals surface area contributed by atoms with Gasteiger partial charge in [0.05, 0.1) is 22.8 Å². The van der Waals surface area contributed by atoms with Crippen LogP contribution in [0.5, 0.6) is 0 Å². The molecule has 0 aromatic rings. The van der Waals surface area contributed by atoms with Crippen molar-refractivity contribution < 1.29 is 9.47 Å². The monoisotopic (exact) mass is 284 g/mol. The fourth-order valence-corrected chi connectivity index (χ4v) is 4.55. The molecule has 0 radical (unpaired) electrons. The third-order valence-electron chi connectivity index (χ3n) is 5.40. The van der Waals surface area contributed by atoms with Gasteiger partial charge in [0.15, 0.2) is 0 Å². The van der Waals surface area contributed by atoms with Crippen molar-refractivity contribution in [1.82, 2.24) is 5.43 Å². The Morgan fingerprint density at radius 2 is 1.75 bits per heavy atom. The van der Waals surface area contributed by atoms with E-state index in [1.807, 2.05) is 7.11 Å². The summed E-state index contributed by atoms with van der Waals surface area (Å²) < 4.78 is 12.3. The minimum atomic E-state index is -0.177. The van der Waals surface area contributed by atoms with Crippen LogP contribution in [0.25, 0.3) is 0 Å². The molecule has 1 aliphatic heterocycles. The maximum atomic E-state index is 6.26. The molecule has 2 fully saturated rings. The number of ether oxygens (including phenoxy) is 2. The van der Waals surface area contributed by atoms with Crippen LogP contribution in [0.3, 0.4) is 0 Å². The molecule has 0 aromatic heterocycles. The lowest BCUT2D eigenvalue weighted by atomic mass is 9.69. The standard InChI is InChI=1S/C16H32N2O2/c1-14(2)11-12(15(3,4)20-14)13(18-17)16(19-5)9-7-6-8-10-16/h12-13,18H,6-11,17H2,1-5H3. The lowest BCUT2D eigenvalue weighted by molar-refractivity contribution is -0.114. The largest absolute Gasteiger partial charge is 0.377 e. The van der Waals surface area contributed by atoms with Gasteiger partial charge in [-0.2, -0.15) is 0 Å². The second-order valence-electron chi connectivity index (χ2n) is 7.75. The van der Waals surface area contributed by atoms with Gasteiger partial charge in [0, 0.05) is 13.0 Å². The molecule has 4 heteroatoms. The van der Waals surface area contributed by atoms with E-state index in [1.54, 1.807) is 0 Å². The van der Waals surface area contributed by atoms with Gasteiger partial charge in [-0.25, -0.2) is 0 Å². The fraction of sp³-hybridized carbons (Fsp3) is 1.00. The van der Waals surface area contributed by atoms with Gasteiger partial charge >= 0.3 is 0 Å². The summed E-state index contributed by atoms with van der Waals surface area (Å²) in [6.07, 6.45) is 6.95. The van der Waals surface area contributed by atoms with Crippen LogP contribution in [-0.2, 0) is 9.47 Å². The zero-order chi connectivity index (χ0) is 15.0. The zero-order valence-corrected chi connectivity index (χ0v) is 13.8. The Hall–Kier alpha value is -0.160. The van der Waals surface area contributed by atoms with Gasteiger partial charge in [0.25, 0.3) is 0 Å². The Bertz CT molecular complexity index is 335. The van der Waals surface area contributed by atoms with Crippen molar-refractivity contribution in [2.24, 2.45) is 11.8 Å². The highest BCUT2D eigenvalue weighted by Gasteiger charge is 2.54. The SMILES string of the molecule is COC1(C(NN)C2CC(C)(C)OC2(C)C)CCCCC1. The average Bonchev–Trinajstić information content (AvgIpc) is 2.59. The van der Waals surface area contributed by atoms with E-state index in [-0.39, 0.29) is 22.8 Å². The molecule has 4 nitrogen and oxygen atoms in total. The lowest BCUT2D eigenvalue weighted by Gasteiger charge is -2.47. The molecule has 118 valence electrons. The van der Waals surface area contributed by atoms with Gasteiger partial charge in [0.2, 0.25) is 0 Å². The number of hydrogen-bond donors (Lipinski definition) is 2. The summed E-state index contributed by atoms with van der Waals surface area (Å²) in [5.74, 6) is 6.33. The minimum absolute atomic E-state index is 0.0904. The molecule has 2 unspecified atom stereocenters. The van der Waals surface area contributed by atoms with Gasteiger partial charge in [-0.05, 0) is 47.0 Å². The van der Waals surface area contributed by atoms with Crippen molar-refractivity contribution in [1.29, 1.82) is 0 Å². The molecule has 2 atom stereocenters. The quantitative estimate of drug-likeness (QED) is 0.615. The molecule has 1 aliphatic carbocycles. The first kappa shape index (κ1) is 16.2. The van der Waals surface area contributed by atoms with Crippen molar-refractivity contribution in [3.05, 3.63) is 0 Å². The maximum Gasteiger partial charge on any atom is 0.0848 e. The number of hydrogen-bond acceptors (Lipinski definition) is 4. The van der Waals surface area contributed by atoms with Crippen LogP contribution in [0.2, 0.25) is 0 Å². The molecular formula is C16H32N2O2. The third-order valence-corrected chi connectivity index (χ3v) is 5.40. The van der Waals surface area contributed by atoms with Crippen LogP contribution in [-0.4, -0.2) is 30.0 Å². The predicted octanol–water partition coefficient (Wildman–Crippen LogP) is 2.76. The molecule has 0 spiro atoms. The number of hydrazine groups is 1. The van der Waals surface area contributed by atoms with Gasteiger partial charge in [-0.15, -0.1) is 0 Å². The van der Waals surface area contributed by atoms with E-state index in [0.717, 1.165) is 19.3 Å². The summed E-state index contributed by atoms with van der Waals surface area (Å²) in [5.41, 5.74) is 2.69. The first-order valence-corrected chi connectivity index (χ1v) is 7.98. The Labute approximate surface area is 123 Å². The maximum absolute atomic E-state index is 6.26. The van der Waals surface area contributed by atoms with Crippen molar-refractivity contribution in [2.75, 3.05) is 7.11 Å². The highest BCUT2D eigenvalue weighted by Crippen LogP contribution is 2.48. The van der Waals surface area contributed by atoms with Crippen molar-refractivity contribution in [2.45, 2.75) is 89.1 Å². The smallest absolute Gasteiger partial charge is 0.0848 e. The second-order valence-corrected chi connectivity index (χ2v) is 7.75. The van der Waals surface area contributed by atoms with E-state index < -0.39 is 0 Å². The van der Waals surface area contributed by atoms with Crippen LogP contribution >= 0.6 is 0 Å². The first-order chi connectivity index (χ1) is 9.26. The molecule has 20 heavy (non-hydrogen) atoms. The van der Waals surface area contributed by atoms with Crippen LogP contribution in [0.1, 0.15) is 66.2 Å². The minimum Gasteiger partial charge on any atom is -0.377 e. The number of nitrogens with one attached hydrogen (secondary N) is 1. The predicted molar refractivity (Wildman–Crippen MR) is 81.3 cm³/mol. The summed E-state index contributed by atoms with van der Waals surface area (Å²) in [5, 5.41) is 0. The van der Waals surface area contributed by atoms with Crippen molar-refractivity contribution in [3.8, 4) is 0 Å². The zero-order valence-electron chi connectivity index (χ0n) is 13.8. The summed E-state index contributed by atoms with van der Waals surface area (Å²) >= 11 is 0. The van der Waals surface area contributed by atoms with Crippen molar-refractivity contribution >= 4 is 0 Å². The van der Waals surface area contributed by atoms with Crippen molar-refractivity contribution in [3.63, 3.8) is 0 Å². The van der Waals surface area contributed by atoms with E-state index in [2.05, 4.69) is 33.1 Å². The summed E-state index contributed by atoms with van der Waals surface area (Å²) in [6.45, 7) is 8.71. The average molecular weight is 284 g/mol.